The SMILES string of the molecule is COCCCCCC(=NO)c1ccc(Cl)c(Cl)c1. The third-order valence-electron chi connectivity index (χ3n) is 2.64. The van der Waals surface area contributed by atoms with Gasteiger partial charge in [-0.3, -0.25) is 0 Å². The Bertz CT molecular complexity index is 408. The Balaban J connectivity index is 2.53. The maximum Gasteiger partial charge on any atom is 0.0868 e. The highest BCUT2D eigenvalue weighted by atomic mass is 35.5. The van der Waals surface area contributed by atoms with E-state index < -0.39 is 0 Å². The van der Waals surface area contributed by atoms with Gasteiger partial charge in [-0.1, -0.05) is 40.8 Å². The van der Waals surface area contributed by atoms with Crippen LogP contribution in [0.5, 0.6) is 0 Å². The molecule has 0 aliphatic carbocycles. The van der Waals surface area contributed by atoms with Gasteiger partial charge in [-0.2, -0.15) is 0 Å². The van der Waals surface area contributed by atoms with Crippen LogP contribution in [0.4, 0.5) is 0 Å². The van der Waals surface area contributed by atoms with Crippen LogP contribution in [0.25, 0.3) is 0 Å². The van der Waals surface area contributed by atoms with Crippen LogP contribution in [0.1, 0.15) is 31.2 Å². The Morgan fingerprint density at radius 1 is 1.22 bits per heavy atom. The molecule has 100 valence electrons. The number of methoxy groups -OCH3 is 1. The summed E-state index contributed by atoms with van der Waals surface area (Å²) in [6.07, 6.45) is 3.70. The second-order valence-electron chi connectivity index (χ2n) is 3.98. The lowest BCUT2D eigenvalue weighted by Crippen LogP contribution is -2.01. The zero-order chi connectivity index (χ0) is 13.4. The third kappa shape index (κ3) is 4.84. The van der Waals surface area contributed by atoms with Gasteiger partial charge in [0, 0.05) is 19.3 Å². The van der Waals surface area contributed by atoms with Crippen molar-refractivity contribution in [3.05, 3.63) is 33.8 Å². The fourth-order valence-corrected chi connectivity index (χ4v) is 1.94. The van der Waals surface area contributed by atoms with E-state index in [0.29, 0.717) is 22.2 Å². The minimum Gasteiger partial charge on any atom is -0.411 e. The molecule has 1 N–H and O–H groups in total. The minimum absolute atomic E-state index is 0.467. The lowest BCUT2D eigenvalue weighted by Gasteiger charge is -2.06. The minimum atomic E-state index is 0.467. The summed E-state index contributed by atoms with van der Waals surface area (Å²) >= 11 is 11.8. The molecule has 0 fully saturated rings. The fraction of sp³-hybridized carbons (Fsp3) is 0.462. The Labute approximate surface area is 117 Å². The Morgan fingerprint density at radius 3 is 2.61 bits per heavy atom. The van der Waals surface area contributed by atoms with Crippen LogP contribution in [0, 0.1) is 0 Å². The number of unbranched alkanes of at least 4 members (excludes halogenated alkanes) is 2. The van der Waals surface area contributed by atoms with Gasteiger partial charge in [0.2, 0.25) is 0 Å². The normalized spacial score (nSPS) is 11.8. The summed E-state index contributed by atoms with van der Waals surface area (Å²) in [6.45, 7) is 0.762. The first kappa shape index (κ1) is 15.3. The van der Waals surface area contributed by atoms with Gasteiger partial charge in [0.1, 0.15) is 0 Å². The van der Waals surface area contributed by atoms with E-state index in [2.05, 4.69) is 5.16 Å². The molecule has 5 heteroatoms. The molecule has 1 aromatic carbocycles. The zero-order valence-electron chi connectivity index (χ0n) is 10.3. The first-order valence-corrected chi connectivity index (χ1v) is 6.60. The van der Waals surface area contributed by atoms with Crippen LogP contribution in [0.15, 0.2) is 23.4 Å². The molecule has 1 aromatic rings. The van der Waals surface area contributed by atoms with Gasteiger partial charge in [-0.25, -0.2) is 0 Å². The van der Waals surface area contributed by atoms with E-state index in [-0.39, 0.29) is 0 Å². The largest absolute Gasteiger partial charge is 0.411 e. The van der Waals surface area contributed by atoms with Gasteiger partial charge in [-0.05, 0) is 31.4 Å². The summed E-state index contributed by atoms with van der Waals surface area (Å²) in [4.78, 5) is 0. The molecule has 0 aliphatic rings. The van der Waals surface area contributed by atoms with Crippen molar-refractivity contribution < 1.29 is 9.94 Å². The summed E-state index contributed by atoms with van der Waals surface area (Å²) < 4.78 is 4.98. The predicted octanol–water partition coefficient (Wildman–Crippen LogP) is 4.38. The van der Waals surface area contributed by atoms with Crippen LogP contribution < -0.4 is 0 Å². The Morgan fingerprint density at radius 2 is 2.00 bits per heavy atom. The number of benzene rings is 1. The number of halogens is 2. The predicted molar refractivity (Wildman–Crippen MR) is 75.1 cm³/mol. The Kier molecular flexibility index (Phi) is 7.09. The molecule has 0 atom stereocenters. The number of hydrogen-bond acceptors (Lipinski definition) is 3. The monoisotopic (exact) mass is 289 g/mol. The summed E-state index contributed by atoms with van der Waals surface area (Å²) in [7, 11) is 1.69. The molecule has 3 nitrogen and oxygen atoms in total. The summed E-state index contributed by atoms with van der Waals surface area (Å²) in [5.41, 5.74) is 1.43. The van der Waals surface area contributed by atoms with Crippen LogP contribution in [-0.2, 0) is 4.74 Å². The number of ether oxygens (including phenoxy) is 1. The van der Waals surface area contributed by atoms with Crippen molar-refractivity contribution in [1.29, 1.82) is 0 Å². The van der Waals surface area contributed by atoms with Gasteiger partial charge in [0.25, 0.3) is 0 Å². The van der Waals surface area contributed by atoms with E-state index in [0.717, 1.165) is 31.4 Å². The molecule has 0 saturated heterocycles. The van der Waals surface area contributed by atoms with Crippen molar-refractivity contribution >= 4 is 28.9 Å². The van der Waals surface area contributed by atoms with E-state index in [1.807, 2.05) is 0 Å². The highest BCUT2D eigenvalue weighted by Crippen LogP contribution is 2.23. The number of rotatable bonds is 7. The van der Waals surface area contributed by atoms with Crippen molar-refractivity contribution in [2.24, 2.45) is 5.16 Å². The van der Waals surface area contributed by atoms with Gasteiger partial charge < -0.3 is 9.94 Å². The number of nitrogens with zero attached hydrogens (tertiary/aromatic N) is 1. The average Bonchev–Trinajstić information content (AvgIpc) is 2.37. The smallest absolute Gasteiger partial charge is 0.0868 e. The van der Waals surface area contributed by atoms with Crippen LogP contribution in [-0.4, -0.2) is 24.6 Å². The summed E-state index contributed by atoms with van der Waals surface area (Å²) in [6, 6.07) is 5.22. The Hall–Kier alpha value is -0.770. The van der Waals surface area contributed by atoms with E-state index in [4.69, 9.17) is 33.1 Å². The third-order valence-corrected chi connectivity index (χ3v) is 3.37. The van der Waals surface area contributed by atoms with Gasteiger partial charge in [0.05, 0.1) is 15.8 Å². The molecule has 0 aliphatic heterocycles. The molecule has 0 heterocycles. The molecule has 0 radical (unpaired) electrons. The average molecular weight is 290 g/mol. The fourth-order valence-electron chi connectivity index (χ4n) is 1.64. The van der Waals surface area contributed by atoms with Gasteiger partial charge in [-0.15, -0.1) is 0 Å². The van der Waals surface area contributed by atoms with Crippen molar-refractivity contribution in [3.8, 4) is 0 Å². The highest BCUT2D eigenvalue weighted by Gasteiger charge is 2.07. The van der Waals surface area contributed by atoms with Gasteiger partial charge >= 0.3 is 0 Å². The zero-order valence-corrected chi connectivity index (χ0v) is 11.8. The molecular weight excluding hydrogens is 273 g/mol. The molecule has 0 unspecified atom stereocenters. The molecule has 18 heavy (non-hydrogen) atoms. The standard InChI is InChI=1S/C13H17Cl2NO2/c1-18-8-4-2-3-5-13(16-17)10-6-7-11(14)12(15)9-10/h6-7,9,17H,2-5,8H2,1H3. The topological polar surface area (TPSA) is 41.8 Å². The molecule has 1 rings (SSSR count). The summed E-state index contributed by atoms with van der Waals surface area (Å²) in [5.74, 6) is 0. The van der Waals surface area contributed by atoms with Crippen molar-refractivity contribution in [2.45, 2.75) is 25.7 Å². The van der Waals surface area contributed by atoms with Gasteiger partial charge in [0.15, 0.2) is 0 Å². The lowest BCUT2D eigenvalue weighted by molar-refractivity contribution is 0.192. The second kappa shape index (κ2) is 8.35. The molecule has 0 aromatic heterocycles. The van der Waals surface area contributed by atoms with Crippen molar-refractivity contribution in [3.63, 3.8) is 0 Å². The van der Waals surface area contributed by atoms with E-state index >= 15 is 0 Å². The lowest BCUT2D eigenvalue weighted by atomic mass is 10.0. The first-order chi connectivity index (χ1) is 8.69. The van der Waals surface area contributed by atoms with Crippen LogP contribution in [0.3, 0.4) is 0 Å². The molecule has 0 bridgehead atoms. The van der Waals surface area contributed by atoms with Crippen LogP contribution in [0.2, 0.25) is 10.0 Å². The van der Waals surface area contributed by atoms with Crippen molar-refractivity contribution in [1.82, 2.24) is 0 Å². The molecule has 0 saturated carbocycles. The maximum absolute atomic E-state index is 9.03. The van der Waals surface area contributed by atoms with Crippen molar-refractivity contribution in [2.75, 3.05) is 13.7 Å². The number of hydrogen-bond donors (Lipinski definition) is 1. The highest BCUT2D eigenvalue weighted by molar-refractivity contribution is 6.42. The molecular formula is C13H17Cl2NO2. The molecule has 0 spiro atoms. The maximum atomic E-state index is 9.03. The van der Waals surface area contributed by atoms with E-state index in [1.165, 1.54) is 0 Å². The van der Waals surface area contributed by atoms with E-state index in [1.54, 1.807) is 25.3 Å². The summed E-state index contributed by atoms with van der Waals surface area (Å²) in [5, 5.41) is 13.3. The van der Waals surface area contributed by atoms with E-state index in [9.17, 15) is 0 Å². The second-order valence-corrected chi connectivity index (χ2v) is 4.79. The molecule has 0 amide bonds. The first-order valence-electron chi connectivity index (χ1n) is 5.84. The quantitative estimate of drug-likeness (QED) is 0.350. The number of oxime groups is 1. The van der Waals surface area contributed by atoms with Crippen LogP contribution >= 0.6 is 23.2 Å².